The summed E-state index contributed by atoms with van der Waals surface area (Å²) in [6.07, 6.45) is -1.81. The van der Waals surface area contributed by atoms with Gasteiger partial charge in [0.05, 0.1) is 5.56 Å². The first-order chi connectivity index (χ1) is 17.5. The van der Waals surface area contributed by atoms with E-state index in [0.29, 0.717) is 42.7 Å². The number of hydrogen-bond donors (Lipinski definition) is 0. The van der Waals surface area contributed by atoms with Gasteiger partial charge in [-0.15, -0.1) is 0 Å². The molecule has 0 bridgehead atoms. The summed E-state index contributed by atoms with van der Waals surface area (Å²) in [7, 11) is 0. The fourth-order valence-corrected chi connectivity index (χ4v) is 6.03. The molecule has 2 aliphatic rings. The highest BCUT2D eigenvalue weighted by molar-refractivity contribution is 6.01. The van der Waals surface area contributed by atoms with Crippen LogP contribution in [0, 0.1) is 29.9 Å². The van der Waals surface area contributed by atoms with Crippen LogP contribution in [0.1, 0.15) is 51.0 Å². The highest BCUT2D eigenvalue weighted by Gasteiger charge is 2.48. The van der Waals surface area contributed by atoms with E-state index in [0.717, 1.165) is 48.6 Å². The first-order valence-corrected chi connectivity index (χ1v) is 12.5. The average molecular weight is 514 g/mol. The van der Waals surface area contributed by atoms with Gasteiger partial charge in [0.15, 0.2) is 17.4 Å². The van der Waals surface area contributed by atoms with Crippen molar-refractivity contribution in [1.29, 1.82) is 0 Å². The molecule has 1 aliphatic carbocycles. The van der Waals surface area contributed by atoms with E-state index in [4.69, 9.17) is 0 Å². The molecular weight excluding hydrogens is 485 g/mol. The Bertz CT molecular complexity index is 1310. The van der Waals surface area contributed by atoms with Crippen molar-refractivity contribution in [3.63, 3.8) is 0 Å². The summed E-state index contributed by atoms with van der Waals surface area (Å²) >= 11 is 0. The number of benzene rings is 3. The van der Waals surface area contributed by atoms with Gasteiger partial charge in [-0.2, -0.15) is 13.2 Å². The first-order valence-electron chi connectivity index (χ1n) is 12.5. The van der Waals surface area contributed by atoms with E-state index in [1.165, 1.54) is 18.2 Å². The zero-order valence-electron chi connectivity index (χ0n) is 20.5. The number of likely N-dealkylation sites (tertiary alicyclic amines) is 1. The summed E-state index contributed by atoms with van der Waals surface area (Å²) in [4.78, 5) is 16.0. The third-order valence-corrected chi connectivity index (χ3v) is 8.09. The van der Waals surface area contributed by atoms with E-state index in [-0.39, 0.29) is 17.1 Å². The van der Waals surface area contributed by atoms with Gasteiger partial charge in [0.1, 0.15) is 0 Å². The molecule has 0 radical (unpaired) electrons. The lowest BCUT2D eigenvalue weighted by molar-refractivity contribution is -0.137. The molecule has 5 rings (SSSR count). The Labute approximate surface area is 213 Å². The third kappa shape index (κ3) is 5.19. The Morgan fingerprint density at radius 2 is 1.57 bits per heavy atom. The van der Waals surface area contributed by atoms with Gasteiger partial charge in [0.25, 0.3) is 0 Å². The number of alkyl halides is 3. The summed E-state index contributed by atoms with van der Waals surface area (Å²) in [6.45, 7) is 3.87. The van der Waals surface area contributed by atoms with Crippen LogP contribution in [-0.4, -0.2) is 23.8 Å². The van der Waals surface area contributed by atoms with Crippen LogP contribution in [0.3, 0.4) is 0 Å². The van der Waals surface area contributed by atoms with E-state index in [9.17, 15) is 26.7 Å². The molecule has 1 saturated heterocycles. The maximum Gasteiger partial charge on any atom is 0.416 e. The van der Waals surface area contributed by atoms with E-state index in [1.54, 1.807) is 6.07 Å². The van der Waals surface area contributed by atoms with Gasteiger partial charge in [-0.1, -0.05) is 42.0 Å². The fraction of sp³-hybridized carbons (Fsp3) is 0.367. The lowest BCUT2D eigenvalue weighted by atomic mass is 9.58. The highest BCUT2D eigenvalue weighted by Crippen LogP contribution is 2.49. The normalized spacial score (nSPS) is 19.7. The van der Waals surface area contributed by atoms with Crippen LogP contribution in [-0.2, 0) is 25.6 Å². The van der Waals surface area contributed by atoms with Gasteiger partial charge in [0.2, 0.25) is 0 Å². The van der Waals surface area contributed by atoms with E-state index < -0.39 is 23.4 Å². The summed E-state index contributed by atoms with van der Waals surface area (Å²) < 4.78 is 66.2. The molecule has 3 aromatic rings. The van der Waals surface area contributed by atoms with Crippen LogP contribution < -0.4 is 0 Å². The van der Waals surface area contributed by atoms with Gasteiger partial charge in [-0.05, 0) is 92.1 Å². The number of fused-ring (bicyclic) bond motifs is 1. The number of halogens is 5. The lowest BCUT2D eigenvalue weighted by Gasteiger charge is -2.49. The summed E-state index contributed by atoms with van der Waals surface area (Å²) in [5.41, 5.74) is 3.21. The average Bonchev–Trinajstić information content (AvgIpc) is 2.85. The molecule has 0 aromatic heterocycles. The van der Waals surface area contributed by atoms with Gasteiger partial charge >= 0.3 is 6.18 Å². The van der Waals surface area contributed by atoms with Crippen molar-refractivity contribution in [2.45, 2.75) is 45.3 Å². The van der Waals surface area contributed by atoms with Crippen molar-refractivity contribution in [3.8, 4) is 0 Å². The lowest BCUT2D eigenvalue weighted by Crippen LogP contribution is -2.50. The summed E-state index contributed by atoms with van der Waals surface area (Å²) in [6, 6.07) is 14.9. The molecule has 194 valence electrons. The largest absolute Gasteiger partial charge is 0.416 e. The molecule has 1 unspecified atom stereocenters. The number of hydrogen-bond acceptors (Lipinski definition) is 2. The number of carbonyl (C=O) groups is 1. The second-order valence-electron chi connectivity index (χ2n) is 10.5. The highest BCUT2D eigenvalue weighted by atomic mass is 19.4. The second-order valence-corrected chi connectivity index (χ2v) is 10.5. The SMILES string of the molecule is Cc1ccc2c(c1)CC1(CCN(Cc3ccc(F)c(F)c3)CC1)C(Cc1ccc(C(F)(F)F)cc1)C2=O. The Morgan fingerprint density at radius 3 is 2.22 bits per heavy atom. The number of rotatable bonds is 4. The molecule has 1 atom stereocenters. The predicted octanol–water partition coefficient (Wildman–Crippen LogP) is 7.17. The molecule has 1 heterocycles. The number of nitrogens with zero attached hydrogens (tertiary/aromatic N) is 1. The van der Waals surface area contributed by atoms with E-state index in [1.807, 2.05) is 19.1 Å². The predicted molar refractivity (Wildman–Crippen MR) is 131 cm³/mol. The number of aryl methyl sites for hydroxylation is 1. The molecule has 37 heavy (non-hydrogen) atoms. The van der Waals surface area contributed by atoms with Crippen LogP contribution in [0.5, 0.6) is 0 Å². The summed E-state index contributed by atoms with van der Waals surface area (Å²) in [5, 5.41) is 0. The van der Waals surface area contributed by atoms with Gasteiger partial charge < -0.3 is 0 Å². The minimum Gasteiger partial charge on any atom is -0.299 e. The minimum absolute atomic E-state index is 0.0511. The maximum atomic E-state index is 13.8. The Kier molecular flexibility index (Phi) is 6.69. The standard InChI is InChI=1S/C30H28F5NO/c1-19-2-8-24-22(14-19)17-29(10-12-36(13-11-29)18-21-5-9-26(31)27(32)16-21)25(28(24)37)15-20-3-6-23(7-4-20)30(33,34)35/h2-9,14,16,25H,10-13,15,17-18H2,1H3. The Balaban J connectivity index is 1.40. The van der Waals surface area contributed by atoms with Crippen molar-refractivity contribution >= 4 is 5.78 Å². The quantitative estimate of drug-likeness (QED) is 0.345. The smallest absolute Gasteiger partial charge is 0.299 e. The van der Waals surface area contributed by atoms with Crippen molar-refractivity contribution in [3.05, 3.63) is 106 Å². The molecule has 0 saturated carbocycles. The monoisotopic (exact) mass is 513 g/mol. The molecular formula is C30H28F5NO. The van der Waals surface area contributed by atoms with E-state index >= 15 is 0 Å². The zero-order chi connectivity index (χ0) is 26.4. The number of ketones is 1. The first kappa shape index (κ1) is 25.6. The molecule has 1 spiro atoms. The Hall–Kier alpha value is -3.06. The number of Topliss-reactive ketones (excluding diaryl/α,β-unsaturated/α-hetero) is 1. The van der Waals surface area contributed by atoms with Crippen molar-refractivity contribution in [2.75, 3.05) is 13.1 Å². The van der Waals surface area contributed by atoms with Crippen LogP contribution >= 0.6 is 0 Å². The van der Waals surface area contributed by atoms with Gasteiger partial charge in [-0.3, -0.25) is 9.69 Å². The van der Waals surface area contributed by atoms with Crippen molar-refractivity contribution < 1.29 is 26.7 Å². The Morgan fingerprint density at radius 1 is 0.892 bits per heavy atom. The maximum absolute atomic E-state index is 13.8. The van der Waals surface area contributed by atoms with Crippen LogP contribution in [0.15, 0.2) is 60.7 Å². The minimum atomic E-state index is -4.41. The topological polar surface area (TPSA) is 20.3 Å². The zero-order valence-corrected chi connectivity index (χ0v) is 20.5. The van der Waals surface area contributed by atoms with Crippen LogP contribution in [0.4, 0.5) is 22.0 Å². The van der Waals surface area contributed by atoms with Gasteiger partial charge in [0, 0.05) is 18.0 Å². The fourth-order valence-electron chi connectivity index (χ4n) is 6.03. The molecule has 0 amide bonds. The van der Waals surface area contributed by atoms with Crippen molar-refractivity contribution in [2.24, 2.45) is 11.3 Å². The molecule has 2 nitrogen and oxygen atoms in total. The van der Waals surface area contributed by atoms with E-state index in [2.05, 4.69) is 11.0 Å². The molecule has 3 aromatic carbocycles. The number of carbonyl (C=O) groups excluding carboxylic acids is 1. The third-order valence-electron chi connectivity index (χ3n) is 8.09. The molecule has 1 aliphatic heterocycles. The van der Waals surface area contributed by atoms with Crippen molar-refractivity contribution in [1.82, 2.24) is 4.90 Å². The molecule has 1 fully saturated rings. The molecule has 7 heteroatoms. The van der Waals surface area contributed by atoms with Gasteiger partial charge in [-0.25, -0.2) is 8.78 Å². The second kappa shape index (κ2) is 9.67. The van der Waals surface area contributed by atoms with Crippen LogP contribution in [0.2, 0.25) is 0 Å². The summed E-state index contributed by atoms with van der Waals surface area (Å²) in [5.74, 6) is -2.03. The number of piperidine rings is 1. The molecule has 0 N–H and O–H groups in total. The van der Waals surface area contributed by atoms with Crippen LogP contribution in [0.25, 0.3) is 0 Å².